The standard InChI is InChI=1S/C19H25FN4O2/c1-14-12-19(25)24(15(2)22-14)16-4-5-18(17(20)13-16)21-6-3-7-23-8-10-26-11-9-23/h4-5,12-13,21H,3,6-11H2,1-2H3. The van der Waals surface area contributed by atoms with Gasteiger partial charge in [0.2, 0.25) is 0 Å². The lowest BCUT2D eigenvalue weighted by atomic mass is 10.2. The molecule has 0 amide bonds. The molecule has 1 fully saturated rings. The SMILES string of the molecule is Cc1cc(=O)n(-c2ccc(NCCCN3CCOCC3)c(F)c2)c(C)n1. The number of anilines is 1. The number of halogens is 1. The molecule has 6 nitrogen and oxygen atoms in total. The fraction of sp³-hybridized carbons (Fsp3) is 0.474. The summed E-state index contributed by atoms with van der Waals surface area (Å²) in [4.78, 5) is 18.8. The highest BCUT2D eigenvalue weighted by molar-refractivity contribution is 5.50. The fourth-order valence-electron chi connectivity index (χ4n) is 3.19. The van der Waals surface area contributed by atoms with Crippen molar-refractivity contribution in [3.05, 3.63) is 52.0 Å². The summed E-state index contributed by atoms with van der Waals surface area (Å²) in [6.45, 7) is 8.67. The van der Waals surface area contributed by atoms with Crippen molar-refractivity contribution in [3.8, 4) is 5.69 Å². The van der Waals surface area contributed by atoms with Crippen LogP contribution < -0.4 is 10.9 Å². The fourth-order valence-corrected chi connectivity index (χ4v) is 3.19. The van der Waals surface area contributed by atoms with Crippen molar-refractivity contribution < 1.29 is 9.13 Å². The molecule has 0 bridgehead atoms. The number of benzene rings is 1. The summed E-state index contributed by atoms with van der Waals surface area (Å²) in [5.41, 5.74) is 1.38. The quantitative estimate of drug-likeness (QED) is 0.800. The van der Waals surface area contributed by atoms with Gasteiger partial charge in [0.25, 0.3) is 5.56 Å². The van der Waals surface area contributed by atoms with Crippen molar-refractivity contribution in [1.29, 1.82) is 0 Å². The second-order valence-corrected chi connectivity index (χ2v) is 6.52. The normalized spacial score (nSPS) is 15.2. The van der Waals surface area contributed by atoms with Crippen LogP contribution in [0.15, 0.2) is 29.1 Å². The Bertz CT molecular complexity index is 816. The van der Waals surface area contributed by atoms with Gasteiger partial charge in [-0.25, -0.2) is 9.37 Å². The van der Waals surface area contributed by atoms with Gasteiger partial charge >= 0.3 is 0 Å². The van der Waals surface area contributed by atoms with Gasteiger partial charge in [0.05, 0.1) is 24.6 Å². The topological polar surface area (TPSA) is 59.4 Å². The van der Waals surface area contributed by atoms with E-state index in [-0.39, 0.29) is 11.4 Å². The third-order valence-electron chi connectivity index (χ3n) is 4.50. The van der Waals surface area contributed by atoms with Crippen LogP contribution in [-0.4, -0.2) is 53.8 Å². The summed E-state index contributed by atoms with van der Waals surface area (Å²) in [7, 11) is 0. The second kappa shape index (κ2) is 8.42. The molecule has 0 atom stereocenters. The zero-order chi connectivity index (χ0) is 18.5. The molecule has 140 valence electrons. The van der Waals surface area contributed by atoms with E-state index in [0.29, 0.717) is 29.4 Å². The van der Waals surface area contributed by atoms with Crippen LogP contribution in [0.1, 0.15) is 17.9 Å². The van der Waals surface area contributed by atoms with E-state index in [1.165, 1.54) is 16.7 Å². The molecule has 0 aliphatic carbocycles. The molecule has 26 heavy (non-hydrogen) atoms. The Morgan fingerprint density at radius 1 is 1.23 bits per heavy atom. The third kappa shape index (κ3) is 4.47. The molecule has 1 aromatic heterocycles. The third-order valence-corrected chi connectivity index (χ3v) is 4.50. The first-order chi connectivity index (χ1) is 12.5. The van der Waals surface area contributed by atoms with E-state index in [1.54, 1.807) is 26.0 Å². The molecule has 2 heterocycles. The average Bonchev–Trinajstić information content (AvgIpc) is 2.60. The predicted molar refractivity (Wildman–Crippen MR) is 99.6 cm³/mol. The van der Waals surface area contributed by atoms with Crippen molar-refractivity contribution in [2.24, 2.45) is 0 Å². The minimum absolute atomic E-state index is 0.208. The second-order valence-electron chi connectivity index (χ2n) is 6.52. The lowest BCUT2D eigenvalue weighted by Crippen LogP contribution is -2.37. The molecule has 0 radical (unpaired) electrons. The van der Waals surface area contributed by atoms with Gasteiger partial charge in [0.15, 0.2) is 0 Å². The summed E-state index contributed by atoms with van der Waals surface area (Å²) < 4.78 is 21.2. The van der Waals surface area contributed by atoms with E-state index in [2.05, 4.69) is 15.2 Å². The van der Waals surface area contributed by atoms with Crippen LogP contribution in [0, 0.1) is 19.7 Å². The number of nitrogens with one attached hydrogen (secondary N) is 1. The van der Waals surface area contributed by atoms with Crippen molar-refractivity contribution in [2.45, 2.75) is 20.3 Å². The van der Waals surface area contributed by atoms with Gasteiger partial charge in [-0.2, -0.15) is 0 Å². The van der Waals surface area contributed by atoms with E-state index in [0.717, 1.165) is 39.3 Å². The first-order valence-electron chi connectivity index (χ1n) is 8.96. The van der Waals surface area contributed by atoms with E-state index in [1.807, 2.05) is 0 Å². The van der Waals surface area contributed by atoms with E-state index >= 15 is 0 Å². The molecule has 1 aromatic carbocycles. The van der Waals surface area contributed by atoms with Gasteiger partial charge in [-0.05, 0) is 38.9 Å². The summed E-state index contributed by atoms with van der Waals surface area (Å²) in [5, 5.41) is 3.13. The number of aromatic nitrogens is 2. The van der Waals surface area contributed by atoms with Crippen LogP contribution in [0.25, 0.3) is 5.69 Å². The van der Waals surface area contributed by atoms with Crippen LogP contribution in [0.4, 0.5) is 10.1 Å². The number of nitrogens with zero attached hydrogens (tertiary/aromatic N) is 3. The smallest absolute Gasteiger partial charge is 0.258 e. The zero-order valence-electron chi connectivity index (χ0n) is 15.3. The summed E-state index contributed by atoms with van der Waals surface area (Å²) in [6.07, 6.45) is 0.932. The Morgan fingerprint density at radius 2 is 2.00 bits per heavy atom. The minimum atomic E-state index is -0.374. The Morgan fingerprint density at radius 3 is 2.69 bits per heavy atom. The van der Waals surface area contributed by atoms with Crippen LogP contribution in [0.2, 0.25) is 0 Å². The highest BCUT2D eigenvalue weighted by Crippen LogP contribution is 2.18. The van der Waals surface area contributed by atoms with Gasteiger partial charge in [-0.3, -0.25) is 14.3 Å². The highest BCUT2D eigenvalue weighted by atomic mass is 19.1. The van der Waals surface area contributed by atoms with Crippen molar-refractivity contribution >= 4 is 5.69 Å². The summed E-state index contributed by atoms with van der Waals surface area (Å²) in [5.74, 6) is 0.168. The lowest BCUT2D eigenvalue weighted by Gasteiger charge is -2.26. The van der Waals surface area contributed by atoms with Crippen molar-refractivity contribution in [3.63, 3.8) is 0 Å². The van der Waals surface area contributed by atoms with Gasteiger partial charge in [-0.1, -0.05) is 0 Å². The minimum Gasteiger partial charge on any atom is -0.383 e. The molecule has 1 aliphatic heterocycles. The Hall–Kier alpha value is -2.25. The van der Waals surface area contributed by atoms with Crippen molar-refractivity contribution in [2.75, 3.05) is 44.7 Å². The molecule has 2 aromatic rings. The Kier molecular flexibility index (Phi) is 6.00. The van der Waals surface area contributed by atoms with E-state index in [4.69, 9.17) is 4.74 Å². The summed E-state index contributed by atoms with van der Waals surface area (Å²) in [6, 6.07) is 6.22. The van der Waals surface area contributed by atoms with Gasteiger partial charge < -0.3 is 10.1 Å². The number of aryl methyl sites for hydroxylation is 2. The maximum atomic E-state index is 14.4. The largest absolute Gasteiger partial charge is 0.383 e. The molecule has 0 saturated carbocycles. The molecule has 0 spiro atoms. The Labute approximate surface area is 152 Å². The maximum absolute atomic E-state index is 14.4. The molecule has 0 unspecified atom stereocenters. The lowest BCUT2D eigenvalue weighted by molar-refractivity contribution is 0.0378. The van der Waals surface area contributed by atoms with E-state index < -0.39 is 0 Å². The van der Waals surface area contributed by atoms with Crippen molar-refractivity contribution in [1.82, 2.24) is 14.5 Å². The zero-order valence-corrected chi connectivity index (χ0v) is 15.3. The first-order valence-corrected chi connectivity index (χ1v) is 8.96. The molecule has 1 N–H and O–H groups in total. The molecule has 1 aliphatic rings. The van der Waals surface area contributed by atoms with Gasteiger partial charge in [0.1, 0.15) is 11.6 Å². The van der Waals surface area contributed by atoms with Crippen LogP contribution in [0.3, 0.4) is 0 Å². The monoisotopic (exact) mass is 360 g/mol. The number of rotatable bonds is 6. The predicted octanol–water partition coefficient (Wildman–Crippen LogP) is 2.12. The van der Waals surface area contributed by atoms with Crippen LogP contribution >= 0.6 is 0 Å². The average molecular weight is 360 g/mol. The molecular formula is C19H25FN4O2. The van der Waals surface area contributed by atoms with Crippen LogP contribution in [-0.2, 0) is 4.74 Å². The first kappa shape index (κ1) is 18.5. The molecular weight excluding hydrogens is 335 g/mol. The number of ether oxygens (including phenoxy) is 1. The van der Waals surface area contributed by atoms with Crippen LogP contribution in [0.5, 0.6) is 0 Å². The molecule has 3 rings (SSSR count). The van der Waals surface area contributed by atoms with E-state index in [9.17, 15) is 9.18 Å². The van der Waals surface area contributed by atoms with Gasteiger partial charge in [-0.15, -0.1) is 0 Å². The number of hydrogen-bond acceptors (Lipinski definition) is 5. The molecule has 1 saturated heterocycles. The molecule has 7 heteroatoms. The number of hydrogen-bond donors (Lipinski definition) is 1. The highest BCUT2D eigenvalue weighted by Gasteiger charge is 2.11. The Balaban J connectivity index is 1.62. The maximum Gasteiger partial charge on any atom is 0.258 e. The number of morpholine rings is 1. The summed E-state index contributed by atoms with van der Waals surface area (Å²) >= 11 is 0. The van der Waals surface area contributed by atoms with Gasteiger partial charge in [0, 0.05) is 37.5 Å².